The van der Waals surface area contributed by atoms with Gasteiger partial charge in [0.1, 0.15) is 5.75 Å². The van der Waals surface area contributed by atoms with E-state index in [2.05, 4.69) is 5.32 Å². The van der Waals surface area contributed by atoms with Crippen LogP contribution in [0.2, 0.25) is 5.02 Å². The minimum absolute atomic E-state index is 0.0944. The van der Waals surface area contributed by atoms with E-state index in [-0.39, 0.29) is 29.8 Å². The second kappa shape index (κ2) is 6.23. The summed E-state index contributed by atoms with van der Waals surface area (Å²) in [5.41, 5.74) is 1.38. The van der Waals surface area contributed by atoms with E-state index in [9.17, 15) is 13.2 Å². The first-order valence-corrected chi connectivity index (χ1v) is 8.85. The number of halogens is 1. The van der Waals surface area contributed by atoms with Crippen molar-refractivity contribution in [2.75, 3.05) is 23.9 Å². The number of ether oxygens (including phenoxy) is 1. The van der Waals surface area contributed by atoms with Gasteiger partial charge in [0.2, 0.25) is 5.91 Å². The van der Waals surface area contributed by atoms with E-state index in [0.29, 0.717) is 22.9 Å². The average Bonchev–Trinajstić information content (AvgIpc) is 2.72. The summed E-state index contributed by atoms with van der Waals surface area (Å²) < 4.78 is 28.0. The molecule has 1 aliphatic rings. The first-order valence-electron chi connectivity index (χ1n) is 6.65. The highest BCUT2D eigenvalue weighted by molar-refractivity contribution is 7.91. The zero-order valence-electron chi connectivity index (χ0n) is 12.0. The first kappa shape index (κ1) is 16.1. The second-order valence-electron chi connectivity index (χ2n) is 5.32. The fourth-order valence-corrected chi connectivity index (χ4v) is 4.44. The van der Waals surface area contributed by atoms with E-state index < -0.39 is 9.84 Å². The van der Waals surface area contributed by atoms with Crippen LogP contribution in [0.15, 0.2) is 12.1 Å². The van der Waals surface area contributed by atoms with Gasteiger partial charge in [-0.15, -0.1) is 0 Å². The minimum Gasteiger partial charge on any atom is -0.495 e. The molecule has 1 aromatic carbocycles. The van der Waals surface area contributed by atoms with Gasteiger partial charge in [-0.05, 0) is 30.9 Å². The summed E-state index contributed by atoms with van der Waals surface area (Å²) in [4.78, 5) is 12.0. The van der Waals surface area contributed by atoms with Crippen molar-refractivity contribution in [1.29, 1.82) is 0 Å². The van der Waals surface area contributed by atoms with E-state index in [1.54, 1.807) is 12.1 Å². The molecule has 0 spiro atoms. The third-order valence-electron chi connectivity index (χ3n) is 3.56. The van der Waals surface area contributed by atoms with Crippen molar-refractivity contribution < 1.29 is 17.9 Å². The lowest BCUT2D eigenvalue weighted by molar-refractivity contribution is -0.116. The van der Waals surface area contributed by atoms with Crippen molar-refractivity contribution in [3.63, 3.8) is 0 Å². The summed E-state index contributed by atoms with van der Waals surface area (Å²) in [5, 5.41) is 3.33. The Bertz CT molecular complexity index is 657. The van der Waals surface area contributed by atoms with E-state index >= 15 is 0 Å². The Balaban J connectivity index is 2.05. The molecule has 0 aliphatic carbocycles. The van der Waals surface area contributed by atoms with Crippen LogP contribution in [0.1, 0.15) is 18.4 Å². The predicted octanol–water partition coefficient (Wildman–Crippen LogP) is 2.42. The number of nitrogens with one attached hydrogen (secondary N) is 1. The Morgan fingerprint density at radius 3 is 2.76 bits per heavy atom. The molecule has 0 radical (unpaired) electrons. The summed E-state index contributed by atoms with van der Waals surface area (Å²) in [5.74, 6) is 0.440. The van der Waals surface area contributed by atoms with Crippen LogP contribution in [0.3, 0.4) is 0 Å². The Kier molecular flexibility index (Phi) is 4.78. The van der Waals surface area contributed by atoms with Crippen LogP contribution in [-0.4, -0.2) is 32.9 Å². The molecule has 0 saturated carbocycles. The molecule has 1 N–H and O–H groups in total. The molecule has 5 nitrogen and oxygen atoms in total. The number of hydrogen-bond acceptors (Lipinski definition) is 4. The number of rotatable bonds is 4. The summed E-state index contributed by atoms with van der Waals surface area (Å²) >= 11 is 6.01. The molecule has 1 fully saturated rings. The standard InChI is InChI=1S/C14H18ClNO4S/c1-9-5-12(13(20-2)7-11(9)15)16-14(17)6-10-3-4-21(18,19)8-10/h5,7,10H,3-4,6,8H2,1-2H3,(H,16,17)/t10-/m1/s1. The maximum Gasteiger partial charge on any atom is 0.224 e. The molecule has 1 heterocycles. The van der Waals surface area contributed by atoms with Gasteiger partial charge in [-0.1, -0.05) is 11.6 Å². The van der Waals surface area contributed by atoms with Crippen LogP contribution in [-0.2, 0) is 14.6 Å². The Hall–Kier alpha value is -1.27. The molecule has 0 aromatic heterocycles. The molecule has 0 bridgehead atoms. The molecule has 2 rings (SSSR count). The van der Waals surface area contributed by atoms with E-state index in [4.69, 9.17) is 16.3 Å². The number of carbonyl (C=O) groups excluding carboxylic acids is 1. The SMILES string of the molecule is COc1cc(Cl)c(C)cc1NC(=O)C[C@H]1CCS(=O)(=O)C1. The van der Waals surface area contributed by atoms with Gasteiger partial charge in [0.15, 0.2) is 9.84 Å². The molecule has 1 amide bonds. The second-order valence-corrected chi connectivity index (χ2v) is 7.96. The third-order valence-corrected chi connectivity index (χ3v) is 5.80. The highest BCUT2D eigenvalue weighted by Crippen LogP contribution is 2.31. The van der Waals surface area contributed by atoms with Crippen molar-refractivity contribution in [1.82, 2.24) is 0 Å². The van der Waals surface area contributed by atoms with Gasteiger partial charge in [0.05, 0.1) is 24.3 Å². The average molecular weight is 332 g/mol. The summed E-state index contributed by atoms with van der Waals surface area (Å²) in [6.45, 7) is 1.83. The number of methoxy groups -OCH3 is 1. The van der Waals surface area contributed by atoms with Crippen LogP contribution in [0.4, 0.5) is 5.69 Å². The molecule has 21 heavy (non-hydrogen) atoms. The van der Waals surface area contributed by atoms with E-state index in [1.807, 2.05) is 6.92 Å². The summed E-state index contributed by atoms with van der Waals surface area (Å²) in [7, 11) is -1.46. The largest absolute Gasteiger partial charge is 0.495 e. The maximum absolute atomic E-state index is 12.0. The molecule has 116 valence electrons. The van der Waals surface area contributed by atoms with Gasteiger partial charge in [0, 0.05) is 17.5 Å². The highest BCUT2D eigenvalue weighted by Gasteiger charge is 2.29. The number of hydrogen-bond donors (Lipinski definition) is 1. The summed E-state index contributed by atoms with van der Waals surface area (Å²) in [6, 6.07) is 3.39. The number of sulfone groups is 1. The van der Waals surface area contributed by atoms with Crippen LogP contribution >= 0.6 is 11.6 Å². The van der Waals surface area contributed by atoms with Gasteiger partial charge < -0.3 is 10.1 Å². The van der Waals surface area contributed by atoms with Crippen molar-refractivity contribution in [3.05, 3.63) is 22.7 Å². The number of benzene rings is 1. The van der Waals surface area contributed by atoms with Gasteiger partial charge in [-0.3, -0.25) is 4.79 Å². The first-order chi connectivity index (χ1) is 9.80. The number of anilines is 1. The van der Waals surface area contributed by atoms with Crippen molar-refractivity contribution in [2.45, 2.75) is 19.8 Å². The van der Waals surface area contributed by atoms with Gasteiger partial charge >= 0.3 is 0 Å². The number of amides is 1. The fraction of sp³-hybridized carbons (Fsp3) is 0.500. The molecular formula is C14H18ClNO4S. The number of carbonyl (C=O) groups is 1. The quantitative estimate of drug-likeness (QED) is 0.919. The normalized spacial score (nSPS) is 20.2. The van der Waals surface area contributed by atoms with Crippen molar-refractivity contribution in [3.8, 4) is 5.75 Å². The Labute approximate surface area is 129 Å². The van der Waals surface area contributed by atoms with Crippen LogP contribution in [0.25, 0.3) is 0 Å². The van der Waals surface area contributed by atoms with Gasteiger partial charge in [0.25, 0.3) is 0 Å². The van der Waals surface area contributed by atoms with Crippen LogP contribution in [0.5, 0.6) is 5.75 Å². The van der Waals surface area contributed by atoms with Gasteiger partial charge in [-0.25, -0.2) is 8.42 Å². The van der Waals surface area contributed by atoms with Crippen molar-refractivity contribution in [2.24, 2.45) is 5.92 Å². The van der Waals surface area contributed by atoms with Crippen LogP contribution < -0.4 is 10.1 Å². The molecule has 1 saturated heterocycles. The molecule has 7 heteroatoms. The van der Waals surface area contributed by atoms with E-state index in [1.165, 1.54) is 7.11 Å². The smallest absolute Gasteiger partial charge is 0.224 e. The Morgan fingerprint density at radius 1 is 1.48 bits per heavy atom. The van der Waals surface area contributed by atoms with Crippen molar-refractivity contribution >= 4 is 33.0 Å². The van der Waals surface area contributed by atoms with E-state index in [0.717, 1.165) is 5.56 Å². The molecule has 0 unspecified atom stereocenters. The zero-order valence-corrected chi connectivity index (χ0v) is 13.6. The lowest BCUT2D eigenvalue weighted by Crippen LogP contribution is -2.18. The molecule has 1 atom stereocenters. The fourth-order valence-electron chi connectivity index (χ4n) is 2.43. The van der Waals surface area contributed by atoms with Crippen LogP contribution in [0, 0.1) is 12.8 Å². The van der Waals surface area contributed by atoms with Gasteiger partial charge in [-0.2, -0.15) is 0 Å². The Morgan fingerprint density at radius 2 is 2.19 bits per heavy atom. The predicted molar refractivity (Wildman–Crippen MR) is 82.7 cm³/mol. The summed E-state index contributed by atoms with van der Waals surface area (Å²) in [6.07, 6.45) is 0.747. The highest BCUT2D eigenvalue weighted by atomic mass is 35.5. The lowest BCUT2D eigenvalue weighted by atomic mass is 10.0. The minimum atomic E-state index is -2.96. The molecular weight excluding hydrogens is 314 g/mol. The lowest BCUT2D eigenvalue weighted by Gasteiger charge is -2.13. The molecule has 1 aliphatic heterocycles. The monoisotopic (exact) mass is 331 g/mol. The maximum atomic E-state index is 12.0. The molecule has 1 aromatic rings. The topological polar surface area (TPSA) is 72.5 Å². The zero-order chi connectivity index (χ0) is 15.6. The third kappa shape index (κ3) is 4.11. The number of aryl methyl sites for hydroxylation is 1.